The van der Waals surface area contributed by atoms with E-state index >= 15 is 0 Å². The zero-order valence-electron chi connectivity index (χ0n) is 15.7. The lowest BCUT2D eigenvalue weighted by Crippen LogP contribution is -2.37. The van der Waals surface area contributed by atoms with Crippen LogP contribution in [0.1, 0.15) is 15.9 Å². The van der Waals surface area contributed by atoms with E-state index in [-0.39, 0.29) is 5.70 Å². The molecule has 3 N–H and O–H groups in total. The quantitative estimate of drug-likeness (QED) is 0.519. The number of halogens is 1. The maximum Gasteiger partial charge on any atom is 0.322 e. The standard InChI is InChI=1S/C20H19BrN2O6/c1-28-13-8-7-12(17(10-13)29-2)9-16(20(27)22-11-18(24)25)23-19(26)14-5-3-4-6-15(14)21/h3-10H,11H2,1-2H3,(H,22,27)(H,23,26)(H,24,25). The Morgan fingerprint density at radius 1 is 1.10 bits per heavy atom. The van der Waals surface area contributed by atoms with Gasteiger partial charge in [0.2, 0.25) is 0 Å². The fourth-order valence-corrected chi connectivity index (χ4v) is 2.80. The van der Waals surface area contributed by atoms with E-state index in [1.54, 1.807) is 42.5 Å². The maximum atomic E-state index is 12.6. The van der Waals surface area contributed by atoms with Crippen molar-refractivity contribution in [3.63, 3.8) is 0 Å². The summed E-state index contributed by atoms with van der Waals surface area (Å²) in [5.74, 6) is -1.56. The molecular weight excluding hydrogens is 444 g/mol. The Labute approximate surface area is 175 Å². The first-order valence-corrected chi connectivity index (χ1v) is 9.14. The summed E-state index contributed by atoms with van der Waals surface area (Å²) in [6.07, 6.45) is 1.39. The van der Waals surface area contributed by atoms with E-state index in [9.17, 15) is 14.4 Å². The number of benzene rings is 2. The van der Waals surface area contributed by atoms with E-state index in [1.165, 1.54) is 20.3 Å². The molecule has 2 aromatic carbocycles. The molecular formula is C20H19BrN2O6. The second kappa shape index (κ2) is 10.3. The molecule has 0 saturated carbocycles. The smallest absolute Gasteiger partial charge is 0.322 e. The van der Waals surface area contributed by atoms with Gasteiger partial charge >= 0.3 is 5.97 Å². The number of carboxylic acid groups (broad SMARTS) is 1. The topological polar surface area (TPSA) is 114 Å². The molecule has 0 bridgehead atoms. The van der Waals surface area contributed by atoms with E-state index in [0.29, 0.717) is 27.1 Å². The third kappa shape index (κ3) is 6.08. The Morgan fingerprint density at radius 3 is 2.45 bits per heavy atom. The van der Waals surface area contributed by atoms with Crippen LogP contribution < -0.4 is 20.1 Å². The summed E-state index contributed by atoms with van der Waals surface area (Å²) in [4.78, 5) is 35.9. The van der Waals surface area contributed by atoms with E-state index in [0.717, 1.165) is 0 Å². The summed E-state index contributed by atoms with van der Waals surface area (Å²) in [6, 6.07) is 11.6. The summed E-state index contributed by atoms with van der Waals surface area (Å²) in [6.45, 7) is -0.596. The highest BCUT2D eigenvalue weighted by atomic mass is 79.9. The number of carbonyl (C=O) groups is 3. The number of hydrogen-bond acceptors (Lipinski definition) is 5. The molecule has 0 atom stereocenters. The molecule has 0 aromatic heterocycles. The first kappa shape index (κ1) is 22.0. The Balaban J connectivity index is 2.41. The van der Waals surface area contributed by atoms with Crippen molar-refractivity contribution < 1.29 is 29.0 Å². The molecule has 0 aliphatic heterocycles. The molecule has 0 radical (unpaired) electrons. The third-order valence-corrected chi connectivity index (χ3v) is 4.44. The average molecular weight is 463 g/mol. The lowest BCUT2D eigenvalue weighted by Gasteiger charge is -2.13. The van der Waals surface area contributed by atoms with Gasteiger partial charge < -0.3 is 25.2 Å². The van der Waals surface area contributed by atoms with Crippen LogP contribution in [0, 0.1) is 0 Å². The van der Waals surface area contributed by atoms with Crippen LogP contribution in [0.5, 0.6) is 11.5 Å². The first-order chi connectivity index (χ1) is 13.8. The van der Waals surface area contributed by atoms with Crippen molar-refractivity contribution in [2.75, 3.05) is 20.8 Å². The van der Waals surface area contributed by atoms with E-state index < -0.39 is 24.3 Å². The van der Waals surface area contributed by atoms with E-state index in [1.807, 2.05) is 0 Å². The van der Waals surface area contributed by atoms with Gasteiger partial charge in [-0.1, -0.05) is 12.1 Å². The van der Waals surface area contributed by atoms with Crippen molar-refractivity contribution in [3.8, 4) is 11.5 Å². The van der Waals surface area contributed by atoms with Gasteiger partial charge in [0.05, 0.1) is 19.8 Å². The molecule has 2 rings (SSSR count). The number of hydrogen-bond donors (Lipinski definition) is 3. The van der Waals surface area contributed by atoms with Crippen LogP contribution in [-0.2, 0) is 9.59 Å². The van der Waals surface area contributed by atoms with Gasteiger partial charge in [0, 0.05) is 16.1 Å². The summed E-state index contributed by atoms with van der Waals surface area (Å²) in [5.41, 5.74) is 0.655. The largest absolute Gasteiger partial charge is 0.497 e. The number of nitrogens with one attached hydrogen (secondary N) is 2. The molecule has 0 unspecified atom stereocenters. The molecule has 0 fully saturated rings. The van der Waals surface area contributed by atoms with Gasteiger partial charge in [-0.05, 0) is 46.3 Å². The molecule has 0 saturated heterocycles. The highest BCUT2D eigenvalue weighted by Crippen LogP contribution is 2.26. The van der Waals surface area contributed by atoms with Gasteiger partial charge in [0.25, 0.3) is 11.8 Å². The number of ether oxygens (including phenoxy) is 2. The molecule has 0 aliphatic carbocycles. The number of carbonyl (C=O) groups excluding carboxylic acids is 2. The van der Waals surface area contributed by atoms with Crippen LogP contribution in [0.4, 0.5) is 0 Å². The van der Waals surface area contributed by atoms with Gasteiger partial charge in [-0.15, -0.1) is 0 Å². The van der Waals surface area contributed by atoms with Gasteiger partial charge in [-0.25, -0.2) is 0 Å². The van der Waals surface area contributed by atoms with Crippen molar-refractivity contribution in [2.45, 2.75) is 0 Å². The van der Waals surface area contributed by atoms with Crippen molar-refractivity contribution in [1.29, 1.82) is 0 Å². The van der Waals surface area contributed by atoms with Crippen molar-refractivity contribution in [1.82, 2.24) is 10.6 Å². The van der Waals surface area contributed by atoms with Gasteiger partial charge in [0.15, 0.2) is 0 Å². The van der Waals surface area contributed by atoms with E-state index in [2.05, 4.69) is 26.6 Å². The maximum absolute atomic E-state index is 12.6. The number of aliphatic carboxylic acids is 1. The SMILES string of the molecule is COc1ccc(C=C(NC(=O)c2ccccc2Br)C(=O)NCC(=O)O)c(OC)c1. The van der Waals surface area contributed by atoms with Crippen LogP contribution in [0.2, 0.25) is 0 Å². The molecule has 29 heavy (non-hydrogen) atoms. The summed E-state index contributed by atoms with van der Waals surface area (Å²) >= 11 is 3.29. The van der Waals surface area contributed by atoms with Crippen molar-refractivity contribution >= 4 is 39.8 Å². The number of methoxy groups -OCH3 is 2. The number of rotatable bonds is 8. The van der Waals surface area contributed by atoms with Gasteiger partial charge in [0.1, 0.15) is 23.7 Å². The fraction of sp³-hybridized carbons (Fsp3) is 0.150. The minimum Gasteiger partial charge on any atom is -0.497 e. The fourth-order valence-electron chi connectivity index (χ4n) is 2.34. The first-order valence-electron chi connectivity index (χ1n) is 8.35. The Hall–Kier alpha value is -3.33. The zero-order valence-corrected chi connectivity index (χ0v) is 17.3. The highest BCUT2D eigenvalue weighted by Gasteiger charge is 2.18. The predicted octanol–water partition coefficient (Wildman–Crippen LogP) is 2.44. The Bertz CT molecular complexity index is 958. The summed E-state index contributed by atoms with van der Waals surface area (Å²) in [5, 5.41) is 13.6. The van der Waals surface area contributed by atoms with Crippen LogP contribution in [0.3, 0.4) is 0 Å². The average Bonchev–Trinajstić information content (AvgIpc) is 2.71. The molecule has 0 spiro atoms. The zero-order chi connectivity index (χ0) is 21.4. The van der Waals surface area contributed by atoms with Crippen LogP contribution in [-0.4, -0.2) is 43.7 Å². The number of amides is 2. The third-order valence-electron chi connectivity index (χ3n) is 3.75. The Kier molecular flexibility index (Phi) is 7.79. The molecule has 0 aliphatic rings. The van der Waals surface area contributed by atoms with Crippen LogP contribution >= 0.6 is 15.9 Å². The molecule has 0 heterocycles. The van der Waals surface area contributed by atoms with Gasteiger partial charge in [-0.3, -0.25) is 14.4 Å². The van der Waals surface area contributed by atoms with Crippen molar-refractivity contribution in [2.24, 2.45) is 0 Å². The molecule has 152 valence electrons. The van der Waals surface area contributed by atoms with Crippen molar-refractivity contribution in [3.05, 3.63) is 63.8 Å². The Morgan fingerprint density at radius 2 is 1.83 bits per heavy atom. The van der Waals surface area contributed by atoms with Crippen LogP contribution in [0.25, 0.3) is 6.08 Å². The van der Waals surface area contributed by atoms with E-state index in [4.69, 9.17) is 14.6 Å². The highest BCUT2D eigenvalue weighted by molar-refractivity contribution is 9.10. The lowest BCUT2D eigenvalue weighted by atomic mass is 10.1. The normalized spacial score (nSPS) is 10.8. The molecule has 8 nitrogen and oxygen atoms in total. The van der Waals surface area contributed by atoms with Crippen LogP contribution in [0.15, 0.2) is 52.6 Å². The monoisotopic (exact) mass is 462 g/mol. The second-order valence-electron chi connectivity index (χ2n) is 5.68. The predicted molar refractivity (Wildman–Crippen MR) is 110 cm³/mol. The van der Waals surface area contributed by atoms with Gasteiger partial charge in [-0.2, -0.15) is 0 Å². The summed E-state index contributed by atoms with van der Waals surface area (Å²) in [7, 11) is 2.96. The molecule has 2 amide bonds. The second-order valence-corrected chi connectivity index (χ2v) is 6.53. The minimum atomic E-state index is -1.21. The lowest BCUT2D eigenvalue weighted by molar-refractivity contribution is -0.137. The summed E-state index contributed by atoms with van der Waals surface area (Å²) < 4.78 is 11.0. The molecule has 9 heteroatoms. The molecule has 2 aromatic rings. The number of carboxylic acids is 1. The minimum absolute atomic E-state index is 0.143.